The molecule has 3 unspecified atom stereocenters. The van der Waals surface area contributed by atoms with Crippen LogP contribution in [-0.2, 0) is 14.2 Å². The Morgan fingerprint density at radius 2 is 1.78 bits per heavy atom. The Morgan fingerprint density at radius 1 is 1.22 bits per heavy atom. The van der Waals surface area contributed by atoms with Gasteiger partial charge < -0.3 is 30.7 Å². The molecular formula is C13H18NO8P. The summed E-state index contributed by atoms with van der Waals surface area (Å²) >= 11 is 0. The van der Waals surface area contributed by atoms with E-state index in [2.05, 4.69) is 0 Å². The second-order valence-electron chi connectivity index (χ2n) is 4.84. The van der Waals surface area contributed by atoms with Gasteiger partial charge in [-0.05, 0) is 24.1 Å². The summed E-state index contributed by atoms with van der Waals surface area (Å²) in [6.45, 7) is -0.534. The fraction of sp³-hybridized carbons (Fsp3) is 0.385. The SMILES string of the molecule is NC(CCP(=O)(O)C(O)c1ccc(OCC(=O)O)cc1)C(=O)O. The number of aliphatic hydroxyl groups excluding tert-OH is 1. The maximum Gasteiger partial charge on any atom is 0.341 e. The van der Waals surface area contributed by atoms with Crippen molar-refractivity contribution in [2.75, 3.05) is 12.8 Å². The van der Waals surface area contributed by atoms with E-state index in [1.807, 2.05) is 0 Å². The molecule has 1 rings (SSSR count). The molecular weight excluding hydrogens is 329 g/mol. The number of ether oxygens (including phenoxy) is 1. The highest BCUT2D eigenvalue weighted by Gasteiger charge is 2.31. The Kier molecular flexibility index (Phi) is 6.71. The number of aliphatic carboxylic acids is 2. The molecule has 0 aliphatic carbocycles. The van der Waals surface area contributed by atoms with Gasteiger partial charge in [-0.3, -0.25) is 9.36 Å². The van der Waals surface area contributed by atoms with Crippen LogP contribution in [0.2, 0.25) is 0 Å². The third kappa shape index (κ3) is 5.99. The van der Waals surface area contributed by atoms with Gasteiger partial charge in [0, 0.05) is 6.16 Å². The monoisotopic (exact) mass is 347 g/mol. The highest BCUT2D eigenvalue weighted by molar-refractivity contribution is 7.58. The summed E-state index contributed by atoms with van der Waals surface area (Å²) < 4.78 is 17.0. The third-order valence-electron chi connectivity index (χ3n) is 3.00. The first-order chi connectivity index (χ1) is 10.6. The number of hydrogen-bond acceptors (Lipinski definition) is 6. The van der Waals surface area contributed by atoms with E-state index in [4.69, 9.17) is 20.7 Å². The highest BCUT2D eigenvalue weighted by atomic mass is 31.2. The molecule has 0 spiro atoms. The van der Waals surface area contributed by atoms with Gasteiger partial charge in [0.15, 0.2) is 12.5 Å². The summed E-state index contributed by atoms with van der Waals surface area (Å²) in [4.78, 5) is 30.8. The Hall–Kier alpha value is -1.93. The lowest BCUT2D eigenvalue weighted by Crippen LogP contribution is -2.31. The quantitative estimate of drug-likeness (QED) is 0.392. The first-order valence-electron chi connectivity index (χ1n) is 6.56. The number of carboxylic acid groups (broad SMARTS) is 2. The maximum absolute atomic E-state index is 12.1. The third-order valence-corrected chi connectivity index (χ3v) is 4.96. The minimum Gasteiger partial charge on any atom is -0.482 e. The van der Waals surface area contributed by atoms with Gasteiger partial charge in [0.25, 0.3) is 0 Å². The van der Waals surface area contributed by atoms with Crippen LogP contribution in [0, 0.1) is 0 Å². The summed E-state index contributed by atoms with van der Waals surface area (Å²) in [6.07, 6.45) is -0.696. The van der Waals surface area contributed by atoms with Crippen molar-refractivity contribution >= 4 is 19.3 Å². The standard InChI is InChI=1S/C13H18NO8P/c14-10(12(17)18)5-6-23(20,21)13(19)8-1-3-9(4-2-8)22-7-11(15)16/h1-4,10,13,19H,5-7,14H2,(H,15,16)(H,17,18)(H,20,21). The molecule has 3 atom stereocenters. The zero-order valence-corrected chi connectivity index (χ0v) is 12.9. The molecule has 0 aliphatic heterocycles. The number of carbonyl (C=O) groups is 2. The van der Waals surface area contributed by atoms with Crippen LogP contribution in [0.1, 0.15) is 17.8 Å². The van der Waals surface area contributed by atoms with Gasteiger partial charge >= 0.3 is 11.9 Å². The van der Waals surface area contributed by atoms with E-state index < -0.39 is 44.0 Å². The van der Waals surface area contributed by atoms with Crippen LogP contribution in [0.15, 0.2) is 24.3 Å². The molecule has 0 saturated heterocycles. The van der Waals surface area contributed by atoms with Crippen LogP contribution in [0.3, 0.4) is 0 Å². The number of rotatable bonds is 9. The van der Waals surface area contributed by atoms with Gasteiger partial charge in [-0.15, -0.1) is 0 Å². The van der Waals surface area contributed by atoms with Crippen molar-refractivity contribution < 1.29 is 39.1 Å². The lowest BCUT2D eigenvalue weighted by atomic mass is 10.2. The smallest absolute Gasteiger partial charge is 0.341 e. The Labute approximate surface area is 131 Å². The van der Waals surface area contributed by atoms with E-state index in [1.165, 1.54) is 24.3 Å². The van der Waals surface area contributed by atoms with Gasteiger partial charge in [0.1, 0.15) is 11.8 Å². The van der Waals surface area contributed by atoms with Crippen molar-refractivity contribution in [1.82, 2.24) is 0 Å². The van der Waals surface area contributed by atoms with Crippen molar-refractivity contribution in [1.29, 1.82) is 0 Å². The molecule has 0 fully saturated rings. The summed E-state index contributed by atoms with van der Waals surface area (Å²) in [5.74, 6) is -3.91. The zero-order valence-electron chi connectivity index (χ0n) is 12.0. The molecule has 0 radical (unpaired) electrons. The van der Waals surface area contributed by atoms with Crippen LogP contribution < -0.4 is 10.5 Å². The molecule has 0 bridgehead atoms. The van der Waals surface area contributed by atoms with E-state index in [0.29, 0.717) is 0 Å². The second kappa shape index (κ2) is 8.07. The van der Waals surface area contributed by atoms with E-state index in [0.717, 1.165) is 0 Å². The van der Waals surface area contributed by atoms with Crippen molar-refractivity contribution in [3.8, 4) is 5.75 Å². The fourth-order valence-electron chi connectivity index (χ4n) is 1.68. The molecule has 0 saturated carbocycles. The molecule has 1 aromatic rings. The van der Waals surface area contributed by atoms with Crippen molar-refractivity contribution in [2.24, 2.45) is 5.73 Å². The molecule has 6 N–H and O–H groups in total. The zero-order chi connectivity index (χ0) is 17.6. The molecule has 1 aromatic carbocycles. The lowest BCUT2D eigenvalue weighted by Gasteiger charge is -2.19. The molecule has 10 heteroatoms. The summed E-state index contributed by atoms with van der Waals surface area (Å²) in [5, 5.41) is 27.1. The van der Waals surface area contributed by atoms with Crippen LogP contribution in [0.25, 0.3) is 0 Å². The first-order valence-corrected chi connectivity index (χ1v) is 8.47. The van der Waals surface area contributed by atoms with Gasteiger partial charge in [-0.1, -0.05) is 12.1 Å². The molecule has 0 heterocycles. The first kappa shape index (κ1) is 19.1. The average Bonchev–Trinajstić information content (AvgIpc) is 2.50. The van der Waals surface area contributed by atoms with Gasteiger partial charge in [0.2, 0.25) is 7.37 Å². The normalized spacial score (nSPS) is 16.1. The minimum atomic E-state index is -4.07. The summed E-state index contributed by atoms with van der Waals surface area (Å²) in [5.41, 5.74) is 5.39. The average molecular weight is 347 g/mol. The molecule has 0 aromatic heterocycles. The molecule has 23 heavy (non-hydrogen) atoms. The topological polar surface area (TPSA) is 167 Å². The number of carboxylic acids is 2. The fourth-order valence-corrected chi connectivity index (χ4v) is 3.21. The van der Waals surface area contributed by atoms with Crippen LogP contribution in [0.5, 0.6) is 5.75 Å². The van der Waals surface area contributed by atoms with Gasteiger partial charge in [0.05, 0.1) is 0 Å². The number of aliphatic hydroxyl groups is 1. The molecule has 0 aliphatic rings. The van der Waals surface area contributed by atoms with Crippen molar-refractivity contribution in [2.45, 2.75) is 18.3 Å². The number of nitrogens with two attached hydrogens (primary N) is 1. The van der Waals surface area contributed by atoms with E-state index in [9.17, 15) is 24.2 Å². The Balaban J connectivity index is 2.71. The summed E-state index contributed by atoms with van der Waals surface area (Å²) in [7, 11) is -4.07. The maximum atomic E-state index is 12.1. The summed E-state index contributed by atoms with van der Waals surface area (Å²) in [6, 6.07) is 4.06. The largest absolute Gasteiger partial charge is 0.482 e. The minimum absolute atomic E-state index is 0.127. The van der Waals surface area contributed by atoms with Crippen LogP contribution in [-0.4, -0.2) is 51.0 Å². The molecule has 9 nitrogen and oxygen atoms in total. The van der Waals surface area contributed by atoms with Crippen molar-refractivity contribution in [3.05, 3.63) is 29.8 Å². The van der Waals surface area contributed by atoms with Crippen LogP contribution >= 0.6 is 7.37 Å². The van der Waals surface area contributed by atoms with E-state index in [1.54, 1.807) is 0 Å². The predicted molar refractivity (Wildman–Crippen MR) is 79.5 cm³/mol. The molecule has 128 valence electrons. The molecule has 0 amide bonds. The Morgan fingerprint density at radius 3 is 2.26 bits per heavy atom. The Bertz CT molecular complexity index is 602. The van der Waals surface area contributed by atoms with E-state index in [-0.39, 0.29) is 17.7 Å². The number of benzene rings is 1. The van der Waals surface area contributed by atoms with Crippen molar-refractivity contribution in [3.63, 3.8) is 0 Å². The van der Waals surface area contributed by atoms with Crippen LogP contribution in [0.4, 0.5) is 0 Å². The lowest BCUT2D eigenvalue weighted by molar-refractivity contribution is -0.139. The predicted octanol–water partition coefficient (Wildman–Crippen LogP) is 0.213. The van der Waals surface area contributed by atoms with Gasteiger partial charge in [-0.25, -0.2) is 4.79 Å². The number of hydrogen-bond donors (Lipinski definition) is 5. The highest BCUT2D eigenvalue weighted by Crippen LogP contribution is 2.54. The second-order valence-corrected chi connectivity index (χ2v) is 7.29. The van der Waals surface area contributed by atoms with E-state index >= 15 is 0 Å². The van der Waals surface area contributed by atoms with Gasteiger partial charge in [-0.2, -0.15) is 0 Å².